The summed E-state index contributed by atoms with van der Waals surface area (Å²) in [6.07, 6.45) is 0.818. The lowest BCUT2D eigenvalue weighted by molar-refractivity contribution is 0.112. The molecule has 0 radical (unpaired) electrons. The summed E-state index contributed by atoms with van der Waals surface area (Å²) in [7, 11) is 0. The van der Waals surface area contributed by atoms with E-state index in [0.717, 1.165) is 22.3 Å². The molecule has 1 aromatic heterocycles. The van der Waals surface area contributed by atoms with Gasteiger partial charge in [0.05, 0.1) is 5.69 Å². The smallest absolute Gasteiger partial charge is 0.152 e. The highest BCUT2D eigenvalue weighted by Gasteiger charge is 2.09. The molecule has 4 nitrogen and oxygen atoms in total. The average Bonchev–Trinajstić information content (AvgIpc) is 2.57. The van der Waals surface area contributed by atoms with Crippen LogP contribution in [0.5, 0.6) is 0 Å². The highest BCUT2D eigenvalue weighted by Crippen LogP contribution is 2.19. The minimum absolute atomic E-state index is 0.594. The van der Waals surface area contributed by atoms with E-state index in [1.54, 1.807) is 10.7 Å². The maximum absolute atomic E-state index is 11.0. The van der Waals surface area contributed by atoms with Crippen molar-refractivity contribution in [2.75, 3.05) is 0 Å². The molecule has 0 N–H and O–H groups in total. The van der Waals surface area contributed by atoms with Crippen LogP contribution in [0.2, 0.25) is 0 Å². The molecular formula is C11H10BrN3O. The van der Waals surface area contributed by atoms with E-state index in [1.165, 1.54) is 0 Å². The number of aryl methyl sites for hydroxylation is 2. The third kappa shape index (κ3) is 1.90. The third-order valence-electron chi connectivity index (χ3n) is 2.22. The minimum atomic E-state index is 0.594. The fourth-order valence-corrected chi connectivity index (χ4v) is 1.90. The van der Waals surface area contributed by atoms with Gasteiger partial charge in [-0.15, -0.1) is 0 Å². The largest absolute Gasteiger partial charge is 0.298 e. The molecule has 0 atom stereocenters. The summed E-state index contributed by atoms with van der Waals surface area (Å²) < 4.78 is 2.57. The Labute approximate surface area is 101 Å². The van der Waals surface area contributed by atoms with Gasteiger partial charge in [-0.3, -0.25) is 4.79 Å². The third-order valence-corrected chi connectivity index (χ3v) is 2.72. The van der Waals surface area contributed by atoms with E-state index in [4.69, 9.17) is 0 Å². The monoisotopic (exact) mass is 279 g/mol. The summed E-state index contributed by atoms with van der Waals surface area (Å²) in [5.74, 6) is 1.45. The van der Waals surface area contributed by atoms with Gasteiger partial charge in [-0.1, -0.05) is 15.9 Å². The van der Waals surface area contributed by atoms with Crippen LogP contribution in [0.1, 0.15) is 22.0 Å². The number of aromatic nitrogens is 3. The molecule has 0 aliphatic rings. The van der Waals surface area contributed by atoms with E-state index in [-0.39, 0.29) is 0 Å². The van der Waals surface area contributed by atoms with Crippen LogP contribution >= 0.6 is 15.9 Å². The molecule has 16 heavy (non-hydrogen) atoms. The predicted octanol–water partition coefficient (Wildman–Crippen LogP) is 2.46. The first-order valence-corrected chi connectivity index (χ1v) is 5.56. The molecule has 0 saturated carbocycles. The lowest BCUT2D eigenvalue weighted by Crippen LogP contribution is -2.03. The molecule has 2 aromatic rings. The lowest BCUT2D eigenvalue weighted by Gasteiger charge is -2.06. The van der Waals surface area contributed by atoms with Crippen LogP contribution < -0.4 is 0 Å². The molecule has 1 aromatic carbocycles. The number of aldehydes is 1. The highest BCUT2D eigenvalue weighted by atomic mass is 79.9. The van der Waals surface area contributed by atoms with E-state index in [1.807, 2.05) is 26.0 Å². The summed E-state index contributed by atoms with van der Waals surface area (Å²) in [4.78, 5) is 15.2. The van der Waals surface area contributed by atoms with E-state index >= 15 is 0 Å². The second-order valence-corrected chi connectivity index (χ2v) is 4.35. The van der Waals surface area contributed by atoms with Crippen LogP contribution in [0.25, 0.3) is 5.69 Å². The number of benzene rings is 1. The molecule has 1 heterocycles. The number of hydrogen-bond donors (Lipinski definition) is 0. The standard InChI is InChI=1S/C11H10BrN3O/c1-7-13-8(2)15(14-7)11-5-10(12)4-3-9(11)6-16/h3-6H,1-2H3. The van der Waals surface area contributed by atoms with Gasteiger partial charge in [0.25, 0.3) is 0 Å². The van der Waals surface area contributed by atoms with Crippen LogP contribution in [0.15, 0.2) is 22.7 Å². The first-order valence-electron chi connectivity index (χ1n) is 4.77. The fourth-order valence-electron chi connectivity index (χ4n) is 1.55. The Morgan fingerprint density at radius 1 is 1.38 bits per heavy atom. The Hall–Kier alpha value is -1.49. The number of hydrogen-bond acceptors (Lipinski definition) is 3. The van der Waals surface area contributed by atoms with Crippen LogP contribution in [0.4, 0.5) is 0 Å². The average molecular weight is 280 g/mol. The maximum Gasteiger partial charge on any atom is 0.152 e. The van der Waals surface area contributed by atoms with Gasteiger partial charge in [-0.2, -0.15) is 5.10 Å². The zero-order valence-electron chi connectivity index (χ0n) is 8.94. The molecule has 0 aliphatic carbocycles. The van der Waals surface area contributed by atoms with Gasteiger partial charge in [-0.05, 0) is 32.0 Å². The van der Waals surface area contributed by atoms with Crippen molar-refractivity contribution >= 4 is 22.2 Å². The second kappa shape index (κ2) is 4.17. The quantitative estimate of drug-likeness (QED) is 0.794. The molecule has 2 rings (SSSR count). The minimum Gasteiger partial charge on any atom is -0.298 e. The van der Waals surface area contributed by atoms with Crippen molar-refractivity contribution in [3.8, 4) is 5.69 Å². The topological polar surface area (TPSA) is 47.8 Å². The SMILES string of the molecule is Cc1nc(C)n(-c2cc(Br)ccc2C=O)n1. The molecule has 0 unspecified atom stereocenters. The van der Waals surface area contributed by atoms with Gasteiger partial charge in [0.2, 0.25) is 0 Å². The fraction of sp³-hybridized carbons (Fsp3) is 0.182. The van der Waals surface area contributed by atoms with Crippen LogP contribution in [0, 0.1) is 13.8 Å². The molecule has 0 bridgehead atoms. The summed E-state index contributed by atoms with van der Waals surface area (Å²) >= 11 is 3.38. The maximum atomic E-state index is 11.0. The van der Waals surface area contributed by atoms with Gasteiger partial charge in [0.15, 0.2) is 6.29 Å². The van der Waals surface area contributed by atoms with Gasteiger partial charge in [0, 0.05) is 10.0 Å². The molecule has 82 valence electrons. The Balaban J connectivity index is 2.66. The van der Waals surface area contributed by atoms with Crippen molar-refractivity contribution in [2.45, 2.75) is 13.8 Å². The molecule has 0 amide bonds. The van der Waals surface area contributed by atoms with Crippen molar-refractivity contribution in [3.05, 3.63) is 39.9 Å². The van der Waals surface area contributed by atoms with Crippen LogP contribution in [0.3, 0.4) is 0 Å². The van der Waals surface area contributed by atoms with E-state index in [9.17, 15) is 4.79 Å². The van der Waals surface area contributed by atoms with Crippen molar-refractivity contribution in [2.24, 2.45) is 0 Å². The van der Waals surface area contributed by atoms with Crippen molar-refractivity contribution in [3.63, 3.8) is 0 Å². The van der Waals surface area contributed by atoms with E-state index in [2.05, 4.69) is 26.0 Å². The molecule has 0 fully saturated rings. The number of carbonyl (C=O) groups is 1. The lowest BCUT2D eigenvalue weighted by atomic mass is 10.2. The predicted molar refractivity (Wildman–Crippen MR) is 63.9 cm³/mol. The molecule has 0 spiro atoms. The van der Waals surface area contributed by atoms with Crippen molar-refractivity contribution in [1.82, 2.24) is 14.8 Å². The normalized spacial score (nSPS) is 10.4. The highest BCUT2D eigenvalue weighted by molar-refractivity contribution is 9.10. The number of carbonyl (C=O) groups excluding carboxylic acids is 1. The van der Waals surface area contributed by atoms with Crippen molar-refractivity contribution in [1.29, 1.82) is 0 Å². The molecule has 0 aliphatic heterocycles. The van der Waals surface area contributed by atoms with Gasteiger partial charge in [0.1, 0.15) is 11.6 Å². The first-order chi connectivity index (χ1) is 7.61. The van der Waals surface area contributed by atoms with Gasteiger partial charge in [-0.25, -0.2) is 9.67 Å². The van der Waals surface area contributed by atoms with E-state index in [0.29, 0.717) is 11.4 Å². The zero-order valence-corrected chi connectivity index (χ0v) is 10.5. The van der Waals surface area contributed by atoms with Gasteiger partial charge >= 0.3 is 0 Å². The Morgan fingerprint density at radius 3 is 2.69 bits per heavy atom. The second-order valence-electron chi connectivity index (χ2n) is 3.44. The Morgan fingerprint density at radius 2 is 2.12 bits per heavy atom. The molecule has 0 saturated heterocycles. The summed E-state index contributed by atoms with van der Waals surface area (Å²) in [6, 6.07) is 5.43. The number of rotatable bonds is 2. The molecule has 5 heteroatoms. The zero-order chi connectivity index (χ0) is 11.7. The van der Waals surface area contributed by atoms with Crippen LogP contribution in [-0.4, -0.2) is 21.1 Å². The Kier molecular flexibility index (Phi) is 2.87. The van der Waals surface area contributed by atoms with Gasteiger partial charge < -0.3 is 0 Å². The first kappa shape index (κ1) is 11.0. The van der Waals surface area contributed by atoms with Crippen molar-refractivity contribution < 1.29 is 4.79 Å². The van der Waals surface area contributed by atoms with Crippen LogP contribution in [-0.2, 0) is 0 Å². The molecular weight excluding hydrogens is 270 g/mol. The Bertz CT molecular complexity index is 548. The summed E-state index contributed by atoms with van der Waals surface area (Å²) in [5, 5.41) is 4.26. The number of halogens is 1. The number of nitrogens with zero attached hydrogens (tertiary/aromatic N) is 3. The summed E-state index contributed by atoms with van der Waals surface area (Å²) in [6.45, 7) is 3.68. The summed E-state index contributed by atoms with van der Waals surface area (Å²) in [5.41, 5.74) is 1.33. The van der Waals surface area contributed by atoms with E-state index < -0.39 is 0 Å².